The summed E-state index contributed by atoms with van der Waals surface area (Å²) in [6, 6.07) is 0. The molecule has 0 atom stereocenters. The molecule has 0 aliphatic rings. The van der Waals surface area contributed by atoms with Crippen LogP contribution in [0, 0.1) is 6.92 Å². The van der Waals surface area contributed by atoms with Crippen LogP contribution in [-0.4, -0.2) is 37.9 Å². The molecule has 0 aliphatic heterocycles. The third kappa shape index (κ3) is 5.79. The van der Waals surface area contributed by atoms with Crippen LogP contribution in [0.25, 0.3) is 0 Å². The van der Waals surface area contributed by atoms with Crippen LogP contribution in [0.1, 0.15) is 18.1 Å². The average Bonchev–Trinajstić information content (AvgIpc) is 2.56. The Morgan fingerprint density at radius 3 is 2.69 bits per heavy atom. The van der Waals surface area contributed by atoms with Gasteiger partial charge in [0.25, 0.3) is 0 Å². The zero-order valence-corrected chi connectivity index (χ0v) is 10.2. The lowest BCUT2D eigenvalue weighted by Crippen LogP contribution is -2.26. The number of rotatable bonds is 7. The van der Waals surface area contributed by atoms with E-state index in [1.54, 1.807) is 6.92 Å². The van der Waals surface area contributed by atoms with Crippen LogP contribution in [0.4, 0.5) is 0 Å². The molecule has 8 heteroatoms. The monoisotopic (exact) mass is 248 g/mol. The Morgan fingerprint density at radius 2 is 2.12 bits per heavy atom. The summed E-state index contributed by atoms with van der Waals surface area (Å²) in [5.74, 6) is 1.14. The predicted molar refractivity (Wildman–Crippen MR) is 58.2 cm³/mol. The quantitative estimate of drug-likeness (QED) is 0.626. The minimum Gasteiger partial charge on any atom is -0.340 e. The minimum absolute atomic E-state index is 0.428. The van der Waals surface area contributed by atoms with E-state index in [2.05, 4.69) is 20.2 Å². The average molecular weight is 248 g/mol. The van der Waals surface area contributed by atoms with E-state index in [-0.39, 0.29) is 0 Å². The molecule has 0 amide bonds. The Balaban J connectivity index is 2.04. The third-order valence-electron chi connectivity index (χ3n) is 1.75. The van der Waals surface area contributed by atoms with Gasteiger partial charge < -0.3 is 9.84 Å². The van der Waals surface area contributed by atoms with Crippen molar-refractivity contribution in [1.29, 1.82) is 0 Å². The summed E-state index contributed by atoms with van der Waals surface area (Å²) in [7, 11) is -3.08. The molecule has 2 N–H and O–H groups in total. The summed E-state index contributed by atoms with van der Waals surface area (Å²) in [6.07, 6.45) is 1.85. The minimum atomic E-state index is -3.08. The first-order valence-corrected chi connectivity index (χ1v) is 6.81. The smallest absolute Gasteiger partial charge is 0.223 e. The van der Waals surface area contributed by atoms with Crippen molar-refractivity contribution in [3.8, 4) is 0 Å². The van der Waals surface area contributed by atoms with Crippen LogP contribution >= 0.6 is 0 Å². The van der Waals surface area contributed by atoms with Gasteiger partial charge in [0.2, 0.25) is 15.9 Å². The van der Waals surface area contributed by atoms with E-state index in [1.807, 2.05) is 0 Å². The number of nitrogens with zero attached hydrogens (tertiary/aromatic N) is 2. The van der Waals surface area contributed by atoms with Gasteiger partial charge in [-0.3, -0.25) is 0 Å². The number of hydrogen-bond donors (Lipinski definition) is 2. The van der Waals surface area contributed by atoms with Crippen LogP contribution in [0.3, 0.4) is 0 Å². The van der Waals surface area contributed by atoms with E-state index < -0.39 is 10.0 Å². The molecule has 92 valence electrons. The SMILES string of the molecule is Cc1nc(CNCCCNS(C)(=O)=O)no1. The van der Waals surface area contributed by atoms with E-state index >= 15 is 0 Å². The fraction of sp³-hybridized carbons (Fsp3) is 0.750. The maximum Gasteiger partial charge on any atom is 0.223 e. The number of aromatic nitrogens is 2. The lowest BCUT2D eigenvalue weighted by atomic mass is 10.4. The van der Waals surface area contributed by atoms with Crippen molar-refractivity contribution >= 4 is 10.0 Å². The van der Waals surface area contributed by atoms with E-state index in [9.17, 15) is 8.42 Å². The van der Waals surface area contributed by atoms with Gasteiger partial charge in [0.1, 0.15) is 0 Å². The van der Waals surface area contributed by atoms with Gasteiger partial charge in [-0.2, -0.15) is 4.98 Å². The molecule has 0 saturated heterocycles. The van der Waals surface area contributed by atoms with Gasteiger partial charge >= 0.3 is 0 Å². The molecule has 0 radical (unpaired) electrons. The molecule has 0 saturated carbocycles. The lowest BCUT2D eigenvalue weighted by molar-refractivity contribution is 0.385. The molecular weight excluding hydrogens is 232 g/mol. The van der Waals surface area contributed by atoms with Crippen molar-refractivity contribution in [3.63, 3.8) is 0 Å². The molecule has 7 nitrogen and oxygen atoms in total. The fourth-order valence-corrected chi connectivity index (χ4v) is 1.60. The second-order valence-corrected chi connectivity index (χ2v) is 5.26. The first kappa shape index (κ1) is 13.1. The molecule has 1 rings (SSSR count). The second-order valence-electron chi connectivity index (χ2n) is 3.43. The summed E-state index contributed by atoms with van der Waals surface area (Å²) in [6.45, 7) is 3.37. The highest BCUT2D eigenvalue weighted by Gasteiger charge is 2.01. The Labute approximate surface area is 94.7 Å². The van der Waals surface area contributed by atoms with Gasteiger partial charge in [-0.05, 0) is 13.0 Å². The van der Waals surface area contributed by atoms with Crippen LogP contribution in [0.15, 0.2) is 4.52 Å². The summed E-state index contributed by atoms with van der Waals surface area (Å²) in [5, 5.41) is 6.79. The van der Waals surface area contributed by atoms with Gasteiger partial charge in [-0.1, -0.05) is 5.16 Å². The Hall–Kier alpha value is -0.990. The van der Waals surface area contributed by atoms with Crippen LogP contribution in [-0.2, 0) is 16.6 Å². The number of hydrogen-bond acceptors (Lipinski definition) is 6. The topological polar surface area (TPSA) is 97.1 Å². The van der Waals surface area contributed by atoms with Crippen molar-refractivity contribution in [2.45, 2.75) is 19.9 Å². The van der Waals surface area contributed by atoms with Crippen molar-refractivity contribution in [3.05, 3.63) is 11.7 Å². The molecule has 0 aliphatic carbocycles. The van der Waals surface area contributed by atoms with E-state index in [0.29, 0.717) is 37.8 Å². The van der Waals surface area contributed by atoms with Gasteiger partial charge in [-0.25, -0.2) is 13.1 Å². The first-order chi connectivity index (χ1) is 7.47. The lowest BCUT2D eigenvalue weighted by Gasteiger charge is -2.02. The maximum absolute atomic E-state index is 10.7. The van der Waals surface area contributed by atoms with Crippen LogP contribution in [0.5, 0.6) is 0 Å². The Morgan fingerprint density at radius 1 is 1.38 bits per heavy atom. The van der Waals surface area contributed by atoms with E-state index in [4.69, 9.17) is 4.52 Å². The van der Waals surface area contributed by atoms with Gasteiger partial charge in [0.05, 0.1) is 12.8 Å². The summed E-state index contributed by atoms with van der Waals surface area (Å²) in [5.41, 5.74) is 0. The molecule has 0 aromatic carbocycles. The number of nitrogens with one attached hydrogen (secondary N) is 2. The second kappa shape index (κ2) is 5.92. The zero-order valence-electron chi connectivity index (χ0n) is 9.36. The summed E-state index contributed by atoms with van der Waals surface area (Å²) in [4.78, 5) is 4.02. The molecule has 0 unspecified atom stereocenters. The van der Waals surface area contributed by atoms with Crippen LogP contribution in [0.2, 0.25) is 0 Å². The third-order valence-corrected chi connectivity index (χ3v) is 2.48. The van der Waals surface area contributed by atoms with Gasteiger partial charge in [-0.15, -0.1) is 0 Å². The highest BCUT2D eigenvalue weighted by atomic mass is 32.2. The Bertz CT molecular complexity index is 415. The van der Waals surface area contributed by atoms with Crippen LogP contribution < -0.4 is 10.0 Å². The molecule has 16 heavy (non-hydrogen) atoms. The Kier molecular flexibility index (Phi) is 4.84. The summed E-state index contributed by atoms with van der Waals surface area (Å²) >= 11 is 0. The molecule has 1 aromatic rings. The maximum atomic E-state index is 10.7. The first-order valence-electron chi connectivity index (χ1n) is 4.92. The molecule has 1 aromatic heterocycles. The largest absolute Gasteiger partial charge is 0.340 e. The number of aryl methyl sites for hydroxylation is 1. The predicted octanol–water partition coefficient (Wildman–Crippen LogP) is -0.593. The van der Waals surface area contributed by atoms with Gasteiger partial charge in [0.15, 0.2) is 5.82 Å². The van der Waals surface area contributed by atoms with E-state index in [1.165, 1.54) is 0 Å². The zero-order chi connectivity index (χ0) is 12.0. The number of sulfonamides is 1. The molecule has 0 fully saturated rings. The molecule has 1 heterocycles. The molecule has 0 spiro atoms. The standard InChI is InChI=1S/C8H16N4O3S/c1-7-11-8(12-15-7)6-9-4-3-5-10-16(2,13)14/h9-10H,3-6H2,1-2H3. The highest BCUT2D eigenvalue weighted by molar-refractivity contribution is 7.88. The fourth-order valence-electron chi connectivity index (χ4n) is 1.08. The van der Waals surface area contributed by atoms with Crippen molar-refractivity contribution < 1.29 is 12.9 Å². The van der Waals surface area contributed by atoms with Crippen molar-refractivity contribution in [2.75, 3.05) is 19.3 Å². The molecular formula is C8H16N4O3S. The van der Waals surface area contributed by atoms with E-state index in [0.717, 1.165) is 6.26 Å². The van der Waals surface area contributed by atoms with Gasteiger partial charge in [0, 0.05) is 13.5 Å². The summed E-state index contributed by atoms with van der Waals surface area (Å²) < 4.78 is 28.7. The highest BCUT2D eigenvalue weighted by Crippen LogP contribution is 1.93. The molecule has 0 bridgehead atoms. The van der Waals surface area contributed by atoms with Crippen molar-refractivity contribution in [1.82, 2.24) is 20.2 Å². The van der Waals surface area contributed by atoms with Crippen molar-refractivity contribution in [2.24, 2.45) is 0 Å². The normalized spacial score (nSPS) is 11.9.